The van der Waals surface area contributed by atoms with Crippen molar-refractivity contribution >= 4 is 28.2 Å². The third-order valence-electron chi connectivity index (χ3n) is 6.45. The van der Waals surface area contributed by atoms with Crippen molar-refractivity contribution in [2.24, 2.45) is 0 Å². The van der Waals surface area contributed by atoms with Gasteiger partial charge in [-0.3, -0.25) is 4.98 Å². The van der Waals surface area contributed by atoms with E-state index in [1.54, 1.807) is 7.11 Å². The Kier molecular flexibility index (Phi) is 6.82. The summed E-state index contributed by atoms with van der Waals surface area (Å²) in [6, 6.07) is 21.4. The van der Waals surface area contributed by atoms with E-state index in [1.165, 1.54) is 0 Å². The highest BCUT2D eigenvalue weighted by Crippen LogP contribution is 2.35. The molecule has 0 spiro atoms. The highest BCUT2D eigenvalue weighted by Gasteiger charge is 2.20. The lowest BCUT2D eigenvalue weighted by Crippen LogP contribution is -2.21. The number of urea groups is 1. The van der Waals surface area contributed by atoms with Crippen LogP contribution in [0.15, 0.2) is 72.9 Å². The average Bonchev–Trinajstić information content (AvgIpc) is 3.44. The van der Waals surface area contributed by atoms with Gasteiger partial charge in [0, 0.05) is 17.1 Å². The van der Waals surface area contributed by atoms with Gasteiger partial charge in [0.25, 0.3) is 0 Å². The predicted molar refractivity (Wildman–Crippen MR) is 146 cm³/mol. The number of pyridine rings is 1. The number of hydrogen-bond acceptors (Lipinski definition) is 5. The van der Waals surface area contributed by atoms with Crippen LogP contribution in [0.5, 0.6) is 5.75 Å². The fraction of sp³-hybridized carbons (Fsp3) is 0.267. The number of rotatable bonds is 5. The molecule has 37 heavy (non-hydrogen) atoms. The minimum Gasteiger partial charge on any atom is -0.495 e. The van der Waals surface area contributed by atoms with Crippen molar-refractivity contribution in [3.63, 3.8) is 0 Å². The van der Waals surface area contributed by atoms with Gasteiger partial charge in [-0.2, -0.15) is 0 Å². The van der Waals surface area contributed by atoms with E-state index in [1.807, 2.05) is 72.9 Å². The largest absolute Gasteiger partial charge is 0.495 e. The van der Waals surface area contributed by atoms with E-state index < -0.39 is 6.29 Å². The van der Waals surface area contributed by atoms with Crippen molar-refractivity contribution in [2.45, 2.75) is 32.5 Å². The molecule has 0 unspecified atom stereocenters. The molecule has 2 amide bonds. The first kappa shape index (κ1) is 24.7. The number of amides is 2. The second-order valence-electron chi connectivity index (χ2n) is 10.00. The maximum atomic E-state index is 13.1. The van der Waals surface area contributed by atoms with Gasteiger partial charge < -0.3 is 24.8 Å². The number of benzene rings is 3. The standard InChI is InChI=1S/C30H31N3O4/c1-30(2,3)20-10-14-27(35-4)26(17-20)33-29(34)32-24-13-11-21(22-7-5-6-8-23(22)24)19-9-12-25(31-18-19)28-36-15-16-37-28/h5-14,17-18,28H,15-16H2,1-4H3,(H2,32,33,34). The summed E-state index contributed by atoms with van der Waals surface area (Å²) in [5.41, 5.74) is 5.12. The molecule has 3 aromatic carbocycles. The van der Waals surface area contributed by atoms with Crippen molar-refractivity contribution in [2.75, 3.05) is 31.0 Å². The molecule has 5 rings (SSSR count). The number of anilines is 2. The number of aromatic nitrogens is 1. The molecule has 4 aromatic rings. The zero-order valence-corrected chi connectivity index (χ0v) is 21.5. The molecule has 0 aliphatic carbocycles. The first-order chi connectivity index (χ1) is 17.8. The number of nitrogens with zero attached hydrogens (tertiary/aromatic N) is 1. The molecule has 2 N–H and O–H groups in total. The number of hydrogen-bond donors (Lipinski definition) is 2. The van der Waals surface area contributed by atoms with E-state index in [4.69, 9.17) is 14.2 Å². The molecule has 0 radical (unpaired) electrons. The summed E-state index contributed by atoms with van der Waals surface area (Å²) < 4.78 is 16.6. The summed E-state index contributed by atoms with van der Waals surface area (Å²) in [7, 11) is 1.59. The lowest BCUT2D eigenvalue weighted by atomic mass is 9.87. The smallest absolute Gasteiger partial charge is 0.323 e. The molecule has 0 saturated carbocycles. The summed E-state index contributed by atoms with van der Waals surface area (Å²) in [6.45, 7) is 7.55. The Bertz CT molecular complexity index is 1420. The number of carbonyl (C=O) groups is 1. The van der Waals surface area contributed by atoms with Crippen LogP contribution in [0, 0.1) is 0 Å². The molecule has 1 aromatic heterocycles. The Morgan fingerprint density at radius 1 is 0.919 bits per heavy atom. The first-order valence-corrected chi connectivity index (χ1v) is 12.3. The Labute approximate surface area is 216 Å². The van der Waals surface area contributed by atoms with E-state index in [0.29, 0.717) is 30.3 Å². The van der Waals surface area contributed by atoms with Crippen molar-refractivity contribution in [3.05, 3.63) is 84.2 Å². The van der Waals surface area contributed by atoms with Crippen molar-refractivity contribution in [1.29, 1.82) is 0 Å². The molecule has 7 heteroatoms. The van der Waals surface area contributed by atoms with Gasteiger partial charge in [-0.05, 0) is 46.2 Å². The average molecular weight is 498 g/mol. The SMILES string of the molecule is COc1ccc(C(C)(C)C)cc1NC(=O)Nc1ccc(-c2ccc(C3OCCO3)nc2)c2ccccc12. The highest BCUT2D eigenvalue weighted by molar-refractivity contribution is 6.10. The number of ether oxygens (including phenoxy) is 3. The number of carbonyl (C=O) groups excluding carboxylic acids is 1. The first-order valence-electron chi connectivity index (χ1n) is 12.3. The van der Waals surface area contributed by atoms with Gasteiger partial charge in [0.15, 0.2) is 0 Å². The molecular formula is C30H31N3O4. The van der Waals surface area contributed by atoms with E-state index in [0.717, 1.165) is 33.2 Å². The van der Waals surface area contributed by atoms with E-state index in [9.17, 15) is 4.79 Å². The van der Waals surface area contributed by atoms with Crippen molar-refractivity contribution in [1.82, 2.24) is 4.98 Å². The van der Waals surface area contributed by atoms with Crippen LogP contribution in [0.1, 0.15) is 38.3 Å². The minimum atomic E-state index is -0.404. The molecule has 1 fully saturated rings. The van der Waals surface area contributed by atoms with Gasteiger partial charge in [0.1, 0.15) is 5.75 Å². The monoisotopic (exact) mass is 497 g/mol. The maximum Gasteiger partial charge on any atom is 0.323 e. The van der Waals surface area contributed by atoms with Crippen LogP contribution in [-0.4, -0.2) is 31.3 Å². The number of methoxy groups -OCH3 is 1. The van der Waals surface area contributed by atoms with Crippen molar-refractivity contribution in [3.8, 4) is 16.9 Å². The van der Waals surface area contributed by atoms with Gasteiger partial charge >= 0.3 is 6.03 Å². The zero-order chi connectivity index (χ0) is 26.0. The predicted octanol–water partition coefficient (Wildman–Crippen LogP) is 6.90. The van der Waals surface area contributed by atoms with Gasteiger partial charge in [0.05, 0.1) is 37.4 Å². The zero-order valence-electron chi connectivity index (χ0n) is 21.5. The lowest BCUT2D eigenvalue weighted by Gasteiger charge is -2.21. The highest BCUT2D eigenvalue weighted by atomic mass is 16.7. The minimum absolute atomic E-state index is 0.0601. The summed E-state index contributed by atoms with van der Waals surface area (Å²) in [6.07, 6.45) is 1.43. The third-order valence-corrected chi connectivity index (χ3v) is 6.45. The Hall–Kier alpha value is -3.94. The lowest BCUT2D eigenvalue weighted by molar-refractivity contribution is -0.0472. The fourth-order valence-electron chi connectivity index (χ4n) is 4.44. The Balaban J connectivity index is 1.41. The van der Waals surface area contributed by atoms with Gasteiger partial charge in [-0.15, -0.1) is 0 Å². The van der Waals surface area contributed by atoms with Crippen LogP contribution in [-0.2, 0) is 14.9 Å². The Morgan fingerprint density at radius 2 is 1.65 bits per heavy atom. The molecule has 1 aliphatic rings. The summed E-state index contributed by atoms with van der Waals surface area (Å²) >= 11 is 0. The summed E-state index contributed by atoms with van der Waals surface area (Å²) in [5, 5.41) is 7.91. The summed E-state index contributed by atoms with van der Waals surface area (Å²) in [5.74, 6) is 0.604. The van der Waals surface area contributed by atoms with Crippen LogP contribution >= 0.6 is 0 Å². The van der Waals surface area contributed by atoms with E-state index in [2.05, 4.69) is 36.4 Å². The van der Waals surface area contributed by atoms with Gasteiger partial charge in [-0.25, -0.2) is 4.79 Å². The normalized spacial score (nSPS) is 14.1. The van der Waals surface area contributed by atoms with Crippen LogP contribution in [0.3, 0.4) is 0 Å². The molecule has 7 nitrogen and oxygen atoms in total. The van der Waals surface area contributed by atoms with Crippen molar-refractivity contribution < 1.29 is 19.0 Å². The van der Waals surface area contributed by atoms with Gasteiger partial charge in [-0.1, -0.05) is 63.2 Å². The summed E-state index contributed by atoms with van der Waals surface area (Å²) in [4.78, 5) is 17.6. The molecule has 1 aliphatic heterocycles. The maximum absolute atomic E-state index is 13.1. The second kappa shape index (κ2) is 10.2. The molecule has 190 valence electrons. The van der Waals surface area contributed by atoms with Gasteiger partial charge in [0.2, 0.25) is 6.29 Å². The third kappa shape index (κ3) is 5.28. The second-order valence-corrected chi connectivity index (χ2v) is 10.00. The van der Waals surface area contributed by atoms with Crippen LogP contribution in [0.25, 0.3) is 21.9 Å². The van der Waals surface area contributed by atoms with E-state index >= 15 is 0 Å². The van der Waals surface area contributed by atoms with E-state index in [-0.39, 0.29) is 11.4 Å². The van der Waals surface area contributed by atoms with Crippen LogP contribution < -0.4 is 15.4 Å². The molecule has 0 atom stereocenters. The Morgan fingerprint density at radius 3 is 2.32 bits per heavy atom. The molecular weight excluding hydrogens is 466 g/mol. The molecule has 2 heterocycles. The quantitative estimate of drug-likeness (QED) is 0.314. The number of fused-ring (bicyclic) bond motifs is 1. The molecule has 1 saturated heterocycles. The fourth-order valence-corrected chi connectivity index (χ4v) is 4.44. The number of nitrogens with one attached hydrogen (secondary N) is 2. The molecule has 0 bridgehead atoms. The van der Waals surface area contributed by atoms with Crippen LogP contribution in [0.4, 0.5) is 16.2 Å². The topological polar surface area (TPSA) is 81.7 Å². The van der Waals surface area contributed by atoms with Crippen LogP contribution in [0.2, 0.25) is 0 Å².